The summed E-state index contributed by atoms with van der Waals surface area (Å²) in [6, 6.07) is 1.08. The molecule has 0 unspecified atom stereocenters. The SMILES string of the molecule is COC(=O)C1=C(Nc2cc(S(=O)(=O)O)cc([N+](=O)[O-])c2O)C(=O)N(CCO)C1. The molecular weight excluding hydrogens is 402 g/mol. The zero-order valence-electron chi connectivity index (χ0n) is 14.3. The molecule has 4 N–H and O–H groups in total. The van der Waals surface area contributed by atoms with Gasteiger partial charge in [-0.25, -0.2) is 4.79 Å². The number of carbonyl (C=O) groups is 2. The molecule has 0 bridgehead atoms. The van der Waals surface area contributed by atoms with Gasteiger partial charge in [-0.15, -0.1) is 0 Å². The Morgan fingerprint density at radius 3 is 2.57 bits per heavy atom. The molecule has 1 aliphatic rings. The van der Waals surface area contributed by atoms with Crippen LogP contribution in [0.25, 0.3) is 0 Å². The second kappa shape index (κ2) is 7.79. The van der Waals surface area contributed by atoms with E-state index in [-0.39, 0.29) is 18.7 Å². The van der Waals surface area contributed by atoms with Crippen molar-refractivity contribution in [2.45, 2.75) is 4.90 Å². The molecule has 14 heteroatoms. The lowest BCUT2D eigenvalue weighted by molar-refractivity contribution is -0.386. The van der Waals surface area contributed by atoms with E-state index in [2.05, 4.69) is 10.1 Å². The Balaban J connectivity index is 2.61. The van der Waals surface area contributed by atoms with Crippen molar-refractivity contribution in [3.63, 3.8) is 0 Å². The van der Waals surface area contributed by atoms with Gasteiger partial charge in [-0.2, -0.15) is 8.42 Å². The number of β-amino-alcohol motifs (C(OH)–C–C–N with tert-alkyl or cyclic N) is 1. The number of aliphatic hydroxyl groups excluding tert-OH is 1. The lowest BCUT2D eigenvalue weighted by atomic mass is 10.2. The number of nitrogens with one attached hydrogen (secondary N) is 1. The Hall–Kier alpha value is -3.23. The van der Waals surface area contributed by atoms with Crippen molar-refractivity contribution in [2.75, 3.05) is 32.1 Å². The molecule has 0 radical (unpaired) electrons. The van der Waals surface area contributed by atoms with Gasteiger partial charge in [0.1, 0.15) is 10.6 Å². The van der Waals surface area contributed by atoms with Gasteiger partial charge in [-0.3, -0.25) is 19.5 Å². The van der Waals surface area contributed by atoms with E-state index in [0.29, 0.717) is 12.1 Å². The topological polar surface area (TPSA) is 197 Å². The number of phenolic OH excluding ortho intramolecular Hbond substituents is 1. The van der Waals surface area contributed by atoms with Crippen molar-refractivity contribution in [1.82, 2.24) is 4.90 Å². The molecule has 0 aromatic heterocycles. The summed E-state index contributed by atoms with van der Waals surface area (Å²) in [6.45, 7) is -0.806. The molecule has 0 aliphatic carbocycles. The molecule has 152 valence electrons. The van der Waals surface area contributed by atoms with Crippen molar-refractivity contribution in [1.29, 1.82) is 0 Å². The summed E-state index contributed by atoms with van der Waals surface area (Å²) in [5, 5.41) is 32.4. The summed E-state index contributed by atoms with van der Waals surface area (Å²) in [5.74, 6) is -2.74. The first-order valence-corrected chi connectivity index (χ1v) is 8.92. The summed E-state index contributed by atoms with van der Waals surface area (Å²) >= 11 is 0. The van der Waals surface area contributed by atoms with Gasteiger partial charge < -0.3 is 25.2 Å². The molecule has 0 spiro atoms. The number of nitro groups is 1. The fourth-order valence-corrected chi connectivity index (χ4v) is 2.99. The number of rotatable bonds is 7. The molecule has 2 rings (SSSR count). The minimum Gasteiger partial charge on any atom is -0.501 e. The number of nitrogens with zero attached hydrogens (tertiary/aromatic N) is 2. The van der Waals surface area contributed by atoms with Gasteiger partial charge in [0, 0.05) is 12.6 Å². The Labute approximate surface area is 157 Å². The monoisotopic (exact) mass is 417 g/mol. The van der Waals surface area contributed by atoms with Crippen LogP contribution in [0.15, 0.2) is 28.3 Å². The number of phenols is 1. The van der Waals surface area contributed by atoms with Crippen molar-refractivity contribution in [3.8, 4) is 5.75 Å². The van der Waals surface area contributed by atoms with E-state index in [1.165, 1.54) is 0 Å². The van der Waals surface area contributed by atoms with E-state index in [1.807, 2.05) is 0 Å². The van der Waals surface area contributed by atoms with Crippen molar-refractivity contribution in [2.24, 2.45) is 0 Å². The van der Waals surface area contributed by atoms with Crippen LogP contribution in [0.1, 0.15) is 0 Å². The first kappa shape index (κ1) is 21.1. The van der Waals surface area contributed by atoms with E-state index in [9.17, 15) is 33.2 Å². The average Bonchev–Trinajstić information content (AvgIpc) is 2.91. The number of hydrogen-bond donors (Lipinski definition) is 4. The number of nitro benzene ring substituents is 1. The minimum absolute atomic E-state index is 0.137. The van der Waals surface area contributed by atoms with Crippen molar-refractivity contribution in [3.05, 3.63) is 33.5 Å². The maximum absolute atomic E-state index is 12.4. The Morgan fingerprint density at radius 1 is 1.43 bits per heavy atom. The first-order valence-electron chi connectivity index (χ1n) is 7.48. The summed E-state index contributed by atoms with van der Waals surface area (Å²) in [6.07, 6.45) is 0. The van der Waals surface area contributed by atoms with Crippen molar-refractivity contribution >= 4 is 33.4 Å². The molecule has 0 fully saturated rings. The van der Waals surface area contributed by atoms with Gasteiger partial charge in [0.25, 0.3) is 16.0 Å². The normalized spacial score (nSPS) is 14.4. The fraction of sp³-hybridized carbons (Fsp3) is 0.286. The number of aromatic hydroxyl groups is 1. The number of aliphatic hydroxyl groups is 1. The molecule has 1 aromatic carbocycles. The van der Waals surface area contributed by atoms with Crippen LogP contribution in [0.3, 0.4) is 0 Å². The lowest BCUT2D eigenvalue weighted by Crippen LogP contribution is -2.31. The summed E-state index contributed by atoms with van der Waals surface area (Å²) < 4.78 is 36.5. The number of amides is 1. The maximum atomic E-state index is 12.4. The van der Waals surface area contributed by atoms with Gasteiger partial charge >= 0.3 is 11.7 Å². The molecular formula is C14H15N3O10S. The number of ether oxygens (including phenoxy) is 1. The Bertz CT molecular complexity index is 985. The number of esters is 1. The van der Waals surface area contributed by atoms with E-state index in [0.717, 1.165) is 12.0 Å². The third-order valence-electron chi connectivity index (χ3n) is 3.77. The number of benzene rings is 1. The first-order chi connectivity index (χ1) is 13.0. The maximum Gasteiger partial charge on any atom is 0.337 e. The van der Waals surface area contributed by atoms with Crippen LogP contribution in [0.2, 0.25) is 0 Å². The highest BCUT2D eigenvalue weighted by Crippen LogP contribution is 2.38. The van der Waals surface area contributed by atoms with Crippen LogP contribution in [-0.4, -0.2) is 71.7 Å². The standard InChI is InChI=1S/C14H15N3O10S/c1-27-14(21)8-6-16(2-3-18)13(20)11(8)15-9-4-7(28(24,25)26)5-10(12(9)19)17(22)23/h4-5,15,18-19H,2-3,6H2,1H3,(H,24,25,26). The largest absolute Gasteiger partial charge is 0.501 e. The highest BCUT2D eigenvalue weighted by atomic mass is 32.2. The van der Waals surface area contributed by atoms with Crippen LogP contribution in [-0.2, 0) is 24.4 Å². The van der Waals surface area contributed by atoms with Gasteiger partial charge in [0.15, 0.2) is 0 Å². The Kier molecular flexibility index (Phi) is 5.86. The molecule has 1 aromatic rings. The molecule has 13 nitrogen and oxygen atoms in total. The van der Waals surface area contributed by atoms with Gasteiger partial charge in [-0.05, 0) is 6.07 Å². The summed E-state index contributed by atoms with van der Waals surface area (Å²) in [4.78, 5) is 34.5. The van der Waals surface area contributed by atoms with Crippen LogP contribution in [0.4, 0.5) is 11.4 Å². The number of anilines is 1. The molecule has 0 saturated carbocycles. The fourth-order valence-electron chi connectivity index (χ4n) is 2.46. The zero-order valence-corrected chi connectivity index (χ0v) is 15.1. The molecule has 28 heavy (non-hydrogen) atoms. The molecule has 0 saturated heterocycles. The summed E-state index contributed by atoms with van der Waals surface area (Å²) in [7, 11) is -3.84. The highest BCUT2D eigenvalue weighted by molar-refractivity contribution is 7.85. The third kappa shape index (κ3) is 4.03. The third-order valence-corrected chi connectivity index (χ3v) is 4.60. The Morgan fingerprint density at radius 2 is 2.07 bits per heavy atom. The number of carbonyl (C=O) groups excluding carboxylic acids is 2. The smallest absolute Gasteiger partial charge is 0.337 e. The van der Waals surface area contributed by atoms with Crippen molar-refractivity contribution < 1.29 is 42.4 Å². The van der Waals surface area contributed by atoms with Crippen LogP contribution < -0.4 is 5.32 Å². The second-order valence-corrected chi connectivity index (χ2v) is 6.91. The van der Waals surface area contributed by atoms with E-state index in [1.54, 1.807) is 0 Å². The van der Waals surface area contributed by atoms with Gasteiger partial charge in [0.2, 0.25) is 5.75 Å². The average molecular weight is 417 g/mol. The second-order valence-electron chi connectivity index (χ2n) is 5.49. The highest BCUT2D eigenvalue weighted by Gasteiger charge is 2.35. The number of methoxy groups -OCH3 is 1. The predicted octanol–water partition coefficient (Wildman–Crippen LogP) is -0.779. The molecule has 1 aliphatic heterocycles. The van der Waals surface area contributed by atoms with Gasteiger partial charge in [0.05, 0.1) is 36.4 Å². The van der Waals surface area contributed by atoms with Crippen LogP contribution in [0.5, 0.6) is 5.75 Å². The van der Waals surface area contributed by atoms with E-state index >= 15 is 0 Å². The molecule has 1 amide bonds. The molecule has 0 atom stereocenters. The van der Waals surface area contributed by atoms with Crippen LogP contribution >= 0.6 is 0 Å². The van der Waals surface area contributed by atoms with Crippen LogP contribution in [0, 0.1) is 10.1 Å². The minimum atomic E-state index is -4.89. The predicted molar refractivity (Wildman–Crippen MR) is 90.9 cm³/mol. The lowest BCUT2D eigenvalue weighted by Gasteiger charge is -2.15. The zero-order chi connectivity index (χ0) is 21.2. The van der Waals surface area contributed by atoms with Gasteiger partial charge in [-0.1, -0.05) is 0 Å². The molecule has 1 heterocycles. The van der Waals surface area contributed by atoms with E-state index < -0.39 is 61.2 Å². The van der Waals surface area contributed by atoms with E-state index in [4.69, 9.17) is 9.66 Å². The number of hydrogen-bond acceptors (Lipinski definition) is 10. The quantitative estimate of drug-likeness (QED) is 0.143. The summed E-state index contributed by atoms with van der Waals surface area (Å²) in [5.41, 5.74) is -2.31.